The highest BCUT2D eigenvalue weighted by atomic mass is 32.1. The van der Waals surface area contributed by atoms with Crippen LogP contribution in [-0.4, -0.2) is 20.7 Å². The Kier molecular flexibility index (Phi) is 3.62. The number of benzene rings is 2. The van der Waals surface area contributed by atoms with Crippen molar-refractivity contribution in [3.05, 3.63) is 70.9 Å². The maximum absolute atomic E-state index is 12.4. The minimum atomic E-state index is 0.00795. The summed E-state index contributed by atoms with van der Waals surface area (Å²) in [6.07, 6.45) is 2.29. The molecule has 5 nitrogen and oxygen atoms in total. The number of fused-ring (bicyclic) bond motifs is 2. The van der Waals surface area contributed by atoms with Crippen molar-refractivity contribution in [3.63, 3.8) is 0 Å². The Hall–Kier alpha value is -2.99. The van der Waals surface area contributed by atoms with E-state index in [4.69, 9.17) is 0 Å². The van der Waals surface area contributed by atoms with E-state index in [0.29, 0.717) is 6.42 Å². The number of anilines is 1. The molecule has 0 unspecified atom stereocenters. The molecular formula is C21H18N4OS. The van der Waals surface area contributed by atoms with Crippen LogP contribution in [0.25, 0.3) is 15.3 Å². The van der Waals surface area contributed by atoms with Crippen molar-refractivity contribution in [2.24, 2.45) is 0 Å². The molecular weight excluding hydrogens is 356 g/mol. The SMILES string of the molecule is Cc1ccc([C@H]2CC(=O)Nc3c2cnn3-c2nc3ccccc3s2)cc1C. The zero-order valence-electron chi connectivity index (χ0n) is 15.1. The standard InChI is InChI=1S/C21H18N4OS/c1-12-7-8-14(9-13(12)2)15-10-19(26)24-20-16(15)11-22-25(20)21-23-17-5-3-4-6-18(17)27-21/h3-9,11,15H,10H2,1-2H3,(H,24,26)/t15-/m1/s1. The second kappa shape index (κ2) is 6.03. The molecule has 1 aliphatic heterocycles. The second-order valence-corrected chi connectivity index (χ2v) is 7.98. The number of nitrogens with one attached hydrogen (secondary N) is 1. The van der Waals surface area contributed by atoms with Gasteiger partial charge in [-0.05, 0) is 42.7 Å². The van der Waals surface area contributed by atoms with E-state index >= 15 is 0 Å². The molecule has 0 spiro atoms. The smallest absolute Gasteiger partial charge is 0.226 e. The Bertz CT molecular complexity index is 1160. The van der Waals surface area contributed by atoms with Crippen LogP contribution >= 0.6 is 11.3 Å². The first kappa shape index (κ1) is 16.2. The topological polar surface area (TPSA) is 59.8 Å². The summed E-state index contributed by atoms with van der Waals surface area (Å²) in [6.45, 7) is 4.20. The molecule has 0 aliphatic carbocycles. The van der Waals surface area contributed by atoms with Crippen molar-refractivity contribution in [1.82, 2.24) is 14.8 Å². The van der Waals surface area contributed by atoms with Gasteiger partial charge in [0.05, 0.1) is 16.4 Å². The van der Waals surface area contributed by atoms with Gasteiger partial charge in [0, 0.05) is 17.9 Å². The molecule has 0 saturated heterocycles. The van der Waals surface area contributed by atoms with Crippen molar-refractivity contribution in [1.29, 1.82) is 0 Å². The minimum absolute atomic E-state index is 0.00795. The first-order chi connectivity index (χ1) is 13.1. The predicted octanol–water partition coefficient (Wildman–Crippen LogP) is 4.57. The largest absolute Gasteiger partial charge is 0.310 e. The highest BCUT2D eigenvalue weighted by Gasteiger charge is 2.31. The van der Waals surface area contributed by atoms with Crippen molar-refractivity contribution in [2.75, 3.05) is 5.32 Å². The molecule has 27 heavy (non-hydrogen) atoms. The number of rotatable bonds is 2. The van der Waals surface area contributed by atoms with Crippen LogP contribution in [0.3, 0.4) is 0 Å². The quantitative estimate of drug-likeness (QED) is 0.559. The average Bonchev–Trinajstić information content (AvgIpc) is 3.26. The summed E-state index contributed by atoms with van der Waals surface area (Å²) >= 11 is 1.57. The van der Waals surface area contributed by atoms with Gasteiger partial charge in [-0.1, -0.05) is 41.7 Å². The van der Waals surface area contributed by atoms with Gasteiger partial charge in [0.15, 0.2) is 0 Å². The highest BCUT2D eigenvalue weighted by molar-refractivity contribution is 7.20. The summed E-state index contributed by atoms with van der Waals surface area (Å²) < 4.78 is 2.86. The third-order valence-electron chi connectivity index (χ3n) is 5.22. The van der Waals surface area contributed by atoms with E-state index in [1.807, 2.05) is 30.5 Å². The van der Waals surface area contributed by atoms with E-state index in [9.17, 15) is 4.79 Å². The van der Waals surface area contributed by atoms with E-state index in [0.717, 1.165) is 32.3 Å². The molecule has 4 aromatic rings. The van der Waals surface area contributed by atoms with Gasteiger partial charge in [-0.2, -0.15) is 9.78 Å². The molecule has 134 valence electrons. The van der Waals surface area contributed by atoms with Gasteiger partial charge < -0.3 is 5.32 Å². The number of carbonyl (C=O) groups is 1. The molecule has 0 radical (unpaired) electrons. The highest BCUT2D eigenvalue weighted by Crippen LogP contribution is 2.39. The molecule has 0 fully saturated rings. The van der Waals surface area contributed by atoms with Gasteiger partial charge >= 0.3 is 0 Å². The lowest BCUT2D eigenvalue weighted by Crippen LogP contribution is -2.24. The average molecular weight is 374 g/mol. The van der Waals surface area contributed by atoms with Crippen molar-refractivity contribution in [3.8, 4) is 5.13 Å². The lowest BCUT2D eigenvalue weighted by Gasteiger charge is -2.24. The fraction of sp³-hybridized carbons (Fsp3) is 0.190. The molecule has 5 rings (SSSR count). The van der Waals surface area contributed by atoms with Gasteiger partial charge in [-0.25, -0.2) is 4.98 Å². The number of para-hydroxylation sites is 1. The van der Waals surface area contributed by atoms with Crippen molar-refractivity contribution < 1.29 is 4.79 Å². The number of hydrogen-bond acceptors (Lipinski definition) is 4. The van der Waals surface area contributed by atoms with Crippen LogP contribution in [0.4, 0.5) is 5.82 Å². The lowest BCUT2D eigenvalue weighted by atomic mass is 9.86. The van der Waals surface area contributed by atoms with E-state index in [-0.39, 0.29) is 11.8 Å². The summed E-state index contributed by atoms with van der Waals surface area (Å²) in [5, 5.41) is 8.33. The zero-order valence-corrected chi connectivity index (χ0v) is 15.9. The van der Waals surface area contributed by atoms with Gasteiger partial charge in [0.2, 0.25) is 11.0 Å². The zero-order chi connectivity index (χ0) is 18.5. The van der Waals surface area contributed by atoms with Gasteiger partial charge in [-0.15, -0.1) is 0 Å². The first-order valence-electron chi connectivity index (χ1n) is 8.91. The molecule has 2 aromatic heterocycles. The molecule has 1 atom stereocenters. The molecule has 6 heteroatoms. The number of carbonyl (C=O) groups excluding carboxylic acids is 1. The van der Waals surface area contributed by atoms with Crippen LogP contribution < -0.4 is 5.32 Å². The number of aryl methyl sites for hydroxylation is 2. The normalized spacial score (nSPS) is 16.4. The van der Waals surface area contributed by atoms with Crippen LogP contribution in [0.15, 0.2) is 48.7 Å². The van der Waals surface area contributed by atoms with Crippen LogP contribution in [0.1, 0.15) is 34.6 Å². The minimum Gasteiger partial charge on any atom is -0.310 e. The number of amides is 1. The molecule has 1 aliphatic rings. The molecule has 1 amide bonds. The van der Waals surface area contributed by atoms with Gasteiger partial charge in [-0.3, -0.25) is 4.79 Å². The number of hydrogen-bond donors (Lipinski definition) is 1. The molecule has 0 saturated carbocycles. The van der Waals surface area contributed by atoms with Crippen molar-refractivity contribution in [2.45, 2.75) is 26.2 Å². The van der Waals surface area contributed by atoms with Crippen LogP contribution in [-0.2, 0) is 4.79 Å². The Morgan fingerprint density at radius 1 is 1.15 bits per heavy atom. The molecule has 0 bridgehead atoms. The molecule has 2 aromatic carbocycles. The van der Waals surface area contributed by atoms with Crippen LogP contribution in [0.5, 0.6) is 0 Å². The predicted molar refractivity (Wildman–Crippen MR) is 108 cm³/mol. The summed E-state index contributed by atoms with van der Waals surface area (Å²) in [6, 6.07) is 14.4. The Labute approximate surface area is 160 Å². The van der Waals surface area contributed by atoms with Crippen molar-refractivity contribution >= 4 is 33.3 Å². The van der Waals surface area contributed by atoms with Crippen LogP contribution in [0.2, 0.25) is 0 Å². The maximum atomic E-state index is 12.4. The van der Waals surface area contributed by atoms with E-state index in [1.54, 1.807) is 16.0 Å². The van der Waals surface area contributed by atoms with Crippen LogP contribution in [0, 0.1) is 13.8 Å². The third-order valence-corrected chi connectivity index (χ3v) is 6.23. The number of nitrogens with zero attached hydrogens (tertiary/aromatic N) is 3. The number of aromatic nitrogens is 3. The summed E-state index contributed by atoms with van der Waals surface area (Å²) in [4.78, 5) is 17.1. The van der Waals surface area contributed by atoms with E-state index in [2.05, 4.69) is 47.4 Å². The Morgan fingerprint density at radius 2 is 2.00 bits per heavy atom. The Morgan fingerprint density at radius 3 is 2.81 bits per heavy atom. The lowest BCUT2D eigenvalue weighted by molar-refractivity contribution is -0.116. The van der Waals surface area contributed by atoms with E-state index < -0.39 is 0 Å². The van der Waals surface area contributed by atoms with Gasteiger partial charge in [0.1, 0.15) is 5.82 Å². The third kappa shape index (κ3) is 2.64. The fourth-order valence-corrected chi connectivity index (χ4v) is 4.52. The maximum Gasteiger partial charge on any atom is 0.226 e. The summed E-state index contributed by atoms with van der Waals surface area (Å²) in [7, 11) is 0. The van der Waals surface area contributed by atoms with Gasteiger partial charge in [0.25, 0.3) is 0 Å². The molecule has 1 N–H and O–H groups in total. The summed E-state index contributed by atoms with van der Waals surface area (Å²) in [5.74, 6) is 0.748. The fourth-order valence-electron chi connectivity index (χ4n) is 3.59. The van der Waals surface area contributed by atoms with E-state index in [1.165, 1.54) is 11.1 Å². The molecule has 3 heterocycles. The monoisotopic (exact) mass is 374 g/mol. The first-order valence-corrected chi connectivity index (χ1v) is 9.72. The summed E-state index contributed by atoms with van der Waals surface area (Å²) in [5.41, 5.74) is 5.62. The number of thiazole rings is 1. The second-order valence-electron chi connectivity index (χ2n) is 6.97. The Balaban J connectivity index is 1.63.